The van der Waals surface area contributed by atoms with Crippen LogP contribution >= 0.6 is 11.3 Å². The van der Waals surface area contributed by atoms with E-state index in [0.29, 0.717) is 11.4 Å². The Labute approximate surface area is 113 Å². The number of hydrogen-bond acceptors (Lipinski definition) is 6. The Bertz CT molecular complexity index is 524. The number of hydrogen-bond donors (Lipinski definition) is 3. The van der Waals surface area contributed by atoms with Crippen LogP contribution in [-0.2, 0) is 16.1 Å². The minimum atomic E-state index is -0.341. The van der Waals surface area contributed by atoms with E-state index in [1.165, 1.54) is 11.3 Å². The summed E-state index contributed by atoms with van der Waals surface area (Å²) < 4.78 is 0. The second-order valence-electron chi connectivity index (χ2n) is 4.28. The molecule has 0 aromatic carbocycles. The van der Waals surface area contributed by atoms with Crippen LogP contribution in [-0.4, -0.2) is 35.7 Å². The number of rotatable bonds is 3. The van der Waals surface area contributed by atoms with Crippen molar-refractivity contribution in [1.82, 2.24) is 15.6 Å². The van der Waals surface area contributed by atoms with Crippen LogP contribution in [0.15, 0.2) is 6.07 Å². The number of nitrogens with zero attached hydrogens (tertiary/aromatic N) is 1. The van der Waals surface area contributed by atoms with Gasteiger partial charge in [-0.15, -0.1) is 11.3 Å². The van der Waals surface area contributed by atoms with Gasteiger partial charge in [0, 0.05) is 11.4 Å². The Morgan fingerprint density at radius 1 is 1.47 bits per heavy atom. The van der Waals surface area contributed by atoms with Gasteiger partial charge >= 0.3 is 0 Å². The summed E-state index contributed by atoms with van der Waals surface area (Å²) in [5.41, 5.74) is 3.00. The molecular formula is C11H14N4O3S. The van der Waals surface area contributed by atoms with Crippen LogP contribution in [0.4, 0.5) is 0 Å². The van der Waals surface area contributed by atoms with Crippen LogP contribution in [0, 0.1) is 6.92 Å². The molecule has 0 unspecified atom stereocenters. The quantitative estimate of drug-likeness (QED) is 0.289. The maximum Gasteiger partial charge on any atom is 0.275 e. The fourth-order valence-electron chi connectivity index (χ4n) is 1.91. The first kappa shape index (κ1) is 13.7. The molecule has 1 aromatic heterocycles. The predicted molar refractivity (Wildman–Crippen MR) is 69.1 cm³/mol. The van der Waals surface area contributed by atoms with E-state index in [1.807, 2.05) is 6.92 Å². The SMILES string of the molecule is Cc1sc(C(=O)NN)cc1CN1CC(=O)NC(=O)C1. The van der Waals surface area contributed by atoms with E-state index < -0.39 is 0 Å². The molecule has 4 N–H and O–H groups in total. The Balaban J connectivity index is 2.10. The number of carbonyl (C=O) groups is 3. The third kappa shape index (κ3) is 3.16. The van der Waals surface area contributed by atoms with Crippen LogP contribution in [0.25, 0.3) is 0 Å². The molecule has 1 aliphatic rings. The van der Waals surface area contributed by atoms with E-state index in [1.54, 1.807) is 11.0 Å². The number of nitrogen functional groups attached to an aromatic ring is 1. The zero-order valence-corrected chi connectivity index (χ0v) is 11.2. The lowest BCUT2D eigenvalue weighted by Gasteiger charge is -2.24. The second-order valence-corrected chi connectivity index (χ2v) is 5.54. The molecule has 0 aliphatic carbocycles. The van der Waals surface area contributed by atoms with Crippen molar-refractivity contribution in [1.29, 1.82) is 0 Å². The molecule has 1 saturated heterocycles. The number of thiophene rings is 1. The summed E-state index contributed by atoms with van der Waals surface area (Å²) in [6.07, 6.45) is 0. The summed E-state index contributed by atoms with van der Waals surface area (Å²) in [4.78, 5) is 37.2. The molecule has 0 bridgehead atoms. The maximum absolute atomic E-state index is 11.4. The summed E-state index contributed by atoms with van der Waals surface area (Å²) in [6.45, 7) is 2.71. The fraction of sp³-hybridized carbons (Fsp3) is 0.364. The molecule has 8 heteroatoms. The molecule has 2 heterocycles. The van der Waals surface area contributed by atoms with Crippen molar-refractivity contribution >= 4 is 29.1 Å². The molecule has 0 spiro atoms. The van der Waals surface area contributed by atoms with Crippen molar-refractivity contribution in [2.24, 2.45) is 5.84 Å². The van der Waals surface area contributed by atoms with Crippen LogP contribution in [0.5, 0.6) is 0 Å². The van der Waals surface area contributed by atoms with Crippen molar-refractivity contribution in [3.8, 4) is 0 Å². The average molecular weight is 282 g/mol. The highest BCUT2D eigenvalue weighted by molar-refractivity contribution is 7.14. The Morgan fingerprint density at radius 2 is 2.11 bits per heavy atom. The van der Waals surface area contributed by atoms with Crippen molar-refractivity contribution < 1.29 is 14.4 Å². The minimum Gasteiger partial charge on any atom is -0.294 e. The van der Waals surface area contributed by atoms with E-state index in [9.17, 15) is 14.4 Å². The van der Waals surface area contributed by atoms with Crippen LogP contribution < -0.4 is 16.6 Å². The van der Waals surface area contributed by atoms with Crippen molar-refractivity contribution in [3.63, 3.8) is 0 Å². The third-order valence-electron chi connectivity index (χ3n) is 2.78. The standard InChI is InChI=1S/C11H14N4O3S/c1-6-7(2-8(19-6)11(18)14-12)3-15-4-9(16)13-10(17)5-15/h2H,3-5,12H2,1H3,(H,14,18)(H,13,16,17). The lowest BCUT2D eigenvalue weighted by atomic mass is 10.2. The number of nitrogens with two attached hydrogens (primary N) is 1. The van der Waals surface area contributed by atoms with Crippen molar-refractivity contribution in [2.75, 3.05) is 13.1 Å². The first-order valence-corrected chi connectivity index (χ1v) is 6.46. The molecule has 0 atom stereocenters. The maximum atomic E-state index is 11.4. The second kappa shape index (κ2) is 5.47. The normalized spacial score (nSPS) is 16.3. The van der Waals surface area contributed by atoms with E-state index in [-0.39, 0.29) is 30.8 Å². The highest BCUT2D eigenvalue weighted by Gasteiger charge is 2.23. The third-order valence-corrected chi connectivity index (χ3v) is 3.87. The summed E-state index contributed by atoms with van der Waals surface area (Å²) in [5.74, 6) is 4.14. The first-order valence-electron chi connectivity index (χ1n) is 5.65. The van der Waals surface area contributed by atoms with Crippen molar-refractivity contribution in [2.45, 2.75) is 13.5 Å². The van der Waals surface area contributed by atoms with Gasteiger partial charge in [-0.25, -0.2) is 5.84 Å². The monoisotopic (exact) mass is 282 g/mol. The number of carbonyl (C=O) groups excluding carboxylic acids is 3. The van der Waals surface area contributed by atoms with Crippen LogP contribution in [0.3, 0.4) is 0 Å². The summed E-state index contributed by atoms with van der Waals surface area (Å²) in [5, 5.41) is 2.24. The van der Waals surface area contributed by atoms with Gasteiger partial charge in [0.25, 0.3) is 5.91 Å². The zero-order valence-electron chi connectivity index (χ0n) is 10.4. The van der Waals surface area contributed by atoms with Gasteiger partial charge in [0.1, 0.15) is 0 Å². The summed E-state index contributed by atoms with van der Waals surface area (Å²) in [6, 6.07) is 1.74. The number of amides is 3. The van der Waals surface area contributed by atoms with Crippen LogP contribution in [0.2, 0.25) is 0 Å². The van der Waals surface area contributed by atoms with E-state index in [0.717, 1.165) is 10.4 Å². The first-order chi connectivity index (χ1) is 8.99. The Morgan fingerprint density at radius 3 is 2.68 bits per heavy atom. The number of nitrogens with one attached hydrogen (secondary N) is 2. The minimum absolute atomic E-state index is 0.180. The Kier molecular flexibility index (Phi) is 3.93. The summed E-state index contributed by atoms with van der Waals surface area (Å²) >= 11 is 1.33. The van der Waals surface area contributed by atoms with E-state index >= 15 is 0 Å². The van der Waals surface area contributed by atoms with Gasteiger partial charge in [0.05, 0.1) is 18.0 Å². The van der Waals surface area contributed by atoms with Gasteiger partial charge in [-0.2, -0.15) is 0 Å². The molecule has 1 aromatic rings. The fourth-order valence-corrected chi connectivity index (χ4v) is 2.85. The van der Waals surface area contributed by atoms with Gasteiger partial charge < -0.3 is 0 Å². The number of imide groups is 1. The number of aryl methyl sites for hydroxylation is 1. The lowest BCUT2D eigenvalue weighted by molar-refractivity contribution is -0.136. The summed E-state index contributed by atoms with van der Waals surface area (Å²) in [7, 11) is 0. The molecule has 0 radical (unpaired) electrons. The van der Waals surface area contributed by atoms with Crippen LogP contribution in [0.1, 0.15) is 20.1 Å². The van der Waals surface area contributed by atoms with Gasteiger partial charge in [-0.1, -0.05) is 0 Å². The van der Waals surface area contributed by atoms with Crippen molar-refractivity contribution in [3.05, 3.63) is 21.4 Å². The lowest BCUT2D eigenvalue weighted by Crippen LogP contribution is -2.50. The number of hydrazine groups is 1. The highest BCUT2D eigenvalue weighted by Crippen LogP contribution is 2.23. The molecule has 102 valence electrons. The average Bonchev–Trinajstić information content (AvgIpc) is 2.68. The topological polar surface area (TPSA) is 105 Å². The molecular weight excluding hydrogens is 268 g/mol. The smallest absolute Gasteiger partial charge is 0.275 e. The Hall–Kier alpha value is -1.77. The molecule has 0 saturated carbocycles. The largest absolute Gasteiger partial charge is 0.294 e. The van der Waals surface area contributed by atoms with Gasteiger partial charge in [0.15, 0.2) is 0 Å². The molecule has 2 rings (SSSR count). The highest BCUT2D eigenvalue weighted by atomic mass is 32.1. The van der Waals surface area contributed by atoms with Gasteiger partial charge in [-0.05, 0) is 18.6 Å². The molecule has 3 amide bonds. The molecule has 1 fully saturated rings. The number of piperazine rings is 1. The molecule has 19 heavy (non-hydrogen) atoms. The predicted octanol–water partition coefficient (Wildman–Crippen LogP) is -0.882. The van der Waals surface area contributed by atoms with Gasteiger partial charge in [-0.3, -0.25) is 30.0 Å². The molecule has 1 aliphatic heterocycles. The van der Waals surface area contributed by atoms with E-state index in [4.69, 9.17) is 5.84 Å². The van der Waals surface area contributed by atoms with E-state index in [2.05, 4.69) is 10.7 Å². The zero-order chi connectivity index (χ0) is 14.0. The van der Waals surface area contributed by atoms with Gasteiger partial charge in [0.2, 0.25) is 11.8 Å². The molecule has 7 nitrogen and oxygen atoms in total.